The highest BCUT2D eigenvalue weighted by atomic mass is 16.7. The van der Waals surface area contributed by atoms with Crippen LogP contribution >= 0.6 is 0 Å². The number of aliphatic hydroxyl groups excluding tert-OH is 3. The zero-order chi connectivity index (χ0) is 30.8. The number of benzene rings is 3. The Morgan fingerprint density at radius 2 is 1.58 bits per heavy atom. The summed E-state index contributed by atoms with van der Waals surface area (Å²) in [7, 11) is 0. The van der Waals surface area contributed by atoms with Gasteiger partial charge in [-0.1, -0.05) is 18.2 Å². The zero-order valence-electron chi connectivity index (χ0n) is 22.1. The van der Waals surface area contributed by atoms with Crippen LogP contribution in [-0.4, -0.2) is 84.8 Å². The third-order valence-corrected chi connectivity index (χ3v) is 6.68. The number of ether oxygens (including phenoxy) is 4. The van der Waals surface area contributed by atoms with Gasteiger partial charge in [0.2, 0.25) is 17.8 Å². The smallest absolute Gasteiger partial charge is 0.330 e. The SMILES string of the molecule is O=C(/C=C/c1ccc(O)cc1)OC[C@H]1O[C@@H](Oc2ccc3c(c2O)O/C(=C\c2ccc(O)c(O)c2)C3=O)[C@H](O)[C@@H](O)[C@@H]1O. The molecule has 0 unspecified atom stereocenters. The first kappa shape index (κ1) is 29.4. The summed E-state index contributed by atoms with van der Waals surface area (Å²) >= 11 is 0. The fourth-order valence-electron chi connectivity index (χ4n) is 4.33. The van der Waals surface area contributed by atoms with E-state index in [-0.39, 0.29) is 34.3 Å². The lowest BCUT2D eigenvalue weighted by Crippen LogP contribution is -2.60. The molecule has 0 spiro atoms. The lowest BCUT2D eigenvalue weighted by Gasteiger charge is -2.39. The van der Waals surface area contributed by atoms with E-state index in [4.69, 9.17) is 18.9 Å². The van der Waals surface area contributed by atoms with Gasteiger partial charge in [0.15, 0.2) is 28.8 Å². The maximum Gasteiger partial charge on any atom is 0.330 e. The van der Waals surface area contributed by atoms with Crippen LogP contribution in [0.2, 0.25) is 0 Å². The van der Waals surface area contributed by atoms with E-state index in [9.17, 15) is 45.3 Å². The van der Waals surface area contributed by atoms with Crippen LogP contribution in [0.3, 0.4) is 0 Å². The second kappa shape index (κ2) is 12.0. The summed E-state index contributed by atoms with van der Waals surface area (Å²) in [5.74, 6) is -3.45. The van der Waals surface area contributed by atoms with Gasteiger partial charge in [-0.15, -0.1) is 0 Å². The summed E-state index contributed by atoms with van der Waals surface area (Å²) in [5, 5.41) is 70.5. The molecular formula is C30H26O13. The van der Waals surface area contributed by atoms with Crippen molar-refractivity contribution >= 4 is 23.9 Å². The van der Waals surface area contributed by atoms with Crippen LogP contribution in [0.15, 0.2) is 66.4 Å². The first-order chi connectivity index (χ1) is 20.5. The molecule has 0 bridgehead atoms. The zero-order valence-corrected chi connectivity index (χ0v) is 22.1. The highest BCUT2D eigenvalue weighted by Crippen LogP contribution is 2.45. The van der Waals surface area contributed by atoms with Gasteiger partial charge in [0, 0.05) is 6.08 Å². The predicted molar refractivity (Wildman–Crippen MR) is 146 cm³/mol. The number of esters is 1. The van der Waals surface area contributed by atoms with Crippen molar-refractivity contribution in [1.82, 2.24) is 0 Å². The Morgan fingerprint density at radius 3 is 2.30 bits per heavy atom. The highest BCUT2D eigenvalue weighted by molar-refractivity contribution is 6.15. The second-order valence-electron chi connectivity index (χ2n) is 9.66. The number of carbonyl (C=O) groups is 2. The number of hydrogen-bond acceptors (Lipinski definition) is 13. The first-order valence-electron chi connectivity index (χ1n) is 12.8. The van der Waals surface area contributed by atoms with Crippen LogP contribution in [0.25, 0.3) is 12.2 Å². The molecule has 13 heteroatoms. The van der Waals surface area contributed by atoms with E-state index in [1.54, 1.807) is 12.1 Å². The molecule has 0 aromatic heterocycles. The predicted octanol–water partition coefficient (Wildman–Crippen LogP) is 1.57. The maximum absolute atomic E-state index is 12.8. The number of fused-ring (bicyclic) bond motifs is 1. The van der Waals surface area contributed by atoms with Gasteiger partial charge in [-0.25, -0.2) is 4.79 Å². The van der Waals surface area contributed by atoms with Crippen molar-refractivity contribution in [2.45, 2.75) is 30.7 Å². The molecule has 3 aromatic carbocycles. The number of aromatic hydroxyl groups is 4. The number of carbonyl (C=O) groups excluding carboxylic acids is 2. The average Bonchev–Trinajstić information content (AvgIpc) is 3.30. The number of rotatable bonds is 7. The standard InChI is InChI=1S/C30H26O13/c31-16-5-1-14(2-6-16)4-10-23(34)40-13-22-25(36)27(38)28(39)30(43-22)42-20-9-7-17-24(35)21(41-29(17)26(20)37)12-15-3-8-18(32)19(33)11-15/h1-12,22,25,27-28,30-33,36-39H,13H2/b10-4+,21-12-/t22-,25-,27+,28-,30-/m1/s1. The Kier molecular flexibility index (Phi) is 8.23. The van der Waals surface area contributed by atoms with Gasteiger partial charge < -0.3 is 54.7 Å². The van der Waals surface area contributed by atoms with Crippen LogP contribution in [0.4, 0.5) is 0 Å². The van der Waals surface area contributed by atoms with E-state index in [0.717, 1.165) is 6.08 Å². The van der Waals surface area contributed by atoms with Gasteiger partial charge in [-0.3, -0.25) is 4.79 Å². The molecule has 0 aliphatic carbocycles. The molecule has 224 valence electrons. The van der Waals surface area contributed by atoms with Crippen LogP contribution in [0.5, 0.6) is 34.5 Å². The Morgan fingerprint density at radius 1 is 0.860 bits per heavy atom. The number of phenols is 4. The quantitative estimate of drug-likeness (QED) is 0.118. The minimum Gasteiger partial charge on any atom is -0.508 e. The van der Waals surface area contributed by atoms with E-state index in [2.05, 4.69) is 0 Å². The minimum atomic E-state index is -1.79. The lowest BCUT2D eigenvalue weighted by molar-refractivity contribution is -0.278. The van der Waals surface area contributed by atoms with Crippen molar-refractivity contribution < 1.29 is 64.3 Å². The average molecular weight is 595 g/mol. The van der Waals surface area contributed by atoms with Crippen molar-refractivity contribution in [3.63, 3.8) is 0 Å². The van der Waals surface area contributed by atoms with Crippen LogP contribution in [-0.2, 0) is 14.3 Å². The molecule has 2 aliphatic heterocycles. The van der Waals surface area contributed by atoms with Gasteiger partial charge in [0.05, 0.1) is 5.56 Å². The Labute approximate surface area is 243 Å². The summed E-state index contributed by atoms with van der Waals surface area (Å²) in [6.07, 6.45) is -4.37. The van der Waals surface area contributed by atoms with Crippen LogP contribution < -0.4 is 9.47 Å². The van der Waals surface area contributed by atoms with Gasteiger partial charge in [0.25, 0.3) is 0 Å². The number of Topliss-reactive ketones (excluding diaryl/α,β-unsaturated/α-hetero) is 1. The molecule has 5 rings (SSSR count). The Bertz CT molecular complexity index is 1590. The second-order valence-corrected chi connectivity index (χ2v) is 9.66. The summed E-state index contributed by atoms with van der Waals surface area (Å²) in [6, 6.07) is 12.4. The molecule has 7 N–H and O–H groups in total. The molecule has 0 radical (unpaired) electrons. The molecule has 2 aliphatic rings. The molecule has 1 fully saturated rings. The minimum absolute atomic E-state index is 0.00943. The van der Waals surface area contributed by atoms with Crippen molar-refractivity contribution in [1.29, 1.82) is 0 Å². The molecule has 2 heterocycles. The van der Waals surface area contributed by atoms with Gasteiger partial charge in [0.1, 0.15) is 36.8 Å². The van der Waals surface area contributed by atoms with Crippen molar-refractivity contribution in [3.05, 3.63) is 83.1 Å². The molecule has 3 aromatic rings. The van der Waals surface area contributed by atoms with Crippen LogP contribution in [0, 0.1) is 0 Å². The van der Waals surface area contributed by atoms with E-state index in [1.807, 2.05) is 0 Å². The van der Waals surface area contributed by atoms with Crippen LogP contribution in [0.1, 0.15) is 21.5 Å². The normalized spacial score (nSPS) is 24.1. The number of hydrogen-bond donors (Lipinski definition) is 7. The van der Waals surface area contributed by atoms with Gasteiger partial charge in [-0.2, -0.15) is 0 Å². The monoisotopic (exact) mass is 594 g/mol. The number of ketones is 1. The molecule has 0 saturated carbocycles. The summed E-state index contributed by atoms with van der Waals surface area (Å²) in [5.41, 5.74) is 0.930. The van der Waals surface area contributed by atoms with E-state index in [0.29, 0.717) is 11.1 Å². The molecule has 1 saturated heterocycles. The lowest BCUT2D eigenvalue weighted by atomic mass is 9.99. The number of phenolic OH excluding ortho intramolecular Hbond substituents is 4. The molecule has 43 heavy (non-hydrogen) atoms. The summed E-state index contributed by atoms with van der Waals surface area (Å²) in [6.45, 7) is -0.529. The van der Waals surface area contributed by atoms with Crippen molar-refractivity contribution in [2.75, 3.05) is 6.61 Å². The fourth-order valence-corrected chi connectivity index (χ4v) is 4.33. The molecule has 0 amide bonds. The van der Waals surface area contributed by atoms with E-state index >= 15 is 0 Å². The third-order valence-electron chi connectivity index (χ3n) is 6.68. The fraction of sp³-hybridized carbons (Fsp3) is 0.200. The Balaban J connectivity index is 1.26. The highest BCUT2D eigenvalue weighted by Gasteiger charge is 2.46. The summed E-state index contributed by atoms with van der Waals surface area (Å²) in [4.78, 5) is 25.0. The van der Waals surface area contributed by atoms with E-state index in [1.165, 1.54) is 54.6 Å². The third kappa shape index (κ3) is 6.24. The number of aliphatic hydroxyl groups is 3. The Hall–Kier alpha value is -5.08. The topological polar surface area (TPSA) is 213 Å². The van der Waals surface area contributed by atoms with Gasteiger partial charge >= 0.3 is 5.97 Å². The maximum atomic E-state index is 12.8. The largest absolute Gasteiger partial charge is 0.508 e. The van der Waals surface area contributed by atoms with E-state index < -0.39 is 60.6 Å². The van der Waals surface area contributed by atoms with Crippen molar-refractivity contribution in [3.8, 4) is 34.5 Å². The van der Waals surface area contributed by atoms with Crippen molar-refractivity contribution in [2.24, 2.45) is 0 Å². The van der Waals surface area contributed by atoms with Gasteiger partial charge in [-0.05, 0) is 59.7 Å². The molecule has 5 atom stereocenters. The number of allylic oxidation sites excluding steroid dienone is 1. The molecule has 13 nitrogen and oxygen atoms in total. The first-order valence-corrected chi connectivity index (χ1v) is 12.8. The summed E-state index contributed by atoms with van der Waals surface area (Å²) < 4.78 is 21.7. The molecular weight excluding hydrogens is 568 g/mol.